The van der Waals surface area contributed by atoms with Crippen LogP contribution < -0.4 is 0 Å². The largest absolute Gasteiger partial charge is 0.361 e. The molecular weight excluding hydrogens is 252 g/mol. The summed E-state index contributed by atoms with van der Waals surface area (Å²) < 4.78 is 17.8. The third-order valence-electron chi connectivity index (χ3n) is 4.09. The number of hydrogen-bond acceptors (Lipinski definition) is 3. The number of rotatable bonds is 4. The standard InChI is InChI=1S/C13H26O3.C4H8/c1-8-9-13(6)10(14-7)15-11(2,3)12(4,5)16-13;1-3-4-2/h10H,8-9H2,1-7H3;3H,1,4H2,2H3. The Labute approximate surface area is 125 Å². The smallest absolute Gasteiger partial charge is 0.186 e. The average molecular weight is 286 g/mol. The Bertz CT molecular complexity index is 297. The molecule has 0 N–H and O–H groups in total. The molecule has 1 aliphatic rings. The fraction of sp³-hybridized carbons (Fsp3) is 0.882. The zero-order valence-corrected chi connectivity index (χ0v) is 14.7. The van der Waals surface area contributed by atoms with Gasteiger partial charge < -0.3 is 14.2 Å². The molecule has 0 aromatic carbocycles. The minimum Gasteiger partial charge on any atom is -0.361 e. The molecule has 1 fully saturated rings. The van der Waals surface area contributed by atoms with E-state index in [0.29, 0.717) is 0 Å². The Balaban J connectivity index is 0.000000796. The van der Waals surface area contributed by atoms with Crippen molar-refractivity contribution in [3.05, 3.63) is 12.7 Å². The first-order chi connectivity index (χ1) is 9.10. The molecule has 0 saturated carbocycles. The van der Waals surface area contributed by atoms with Crippen LogP contribution in [0.3, 0.4) is 0 Å². The molecule has 2 unspecified atom stereocenters. The van der Waals surface area contributed by atoms with E-state index >= 15 is 0 Å². The molecule has 0 spiro atoms. The molecule has 0 aromatic rings. The van der Waals surface area contributed by atoms with E-state index in [1.165, 1.54) is 0 Å². The summed E-state index contributed by atoms with van der Waals surface area (Å²) in [6.45, 7) is 18.0. The minimum absolute atomic E-state index is 0.296. The summed E-state index contributed by atoms with van der Waals surface area (Å²) in [5.41, 5.74) is -1.02. The van der Waals surface area contributed by atoms with Crippen molar-refractivity contribution in [2.24, 2.45) is 0 Å². The molecule has 0 amide bonds. The fourth-order valence-electron chi connectivity index (χ4n) is 2.25. The minimum atomic E-state index is -0.359. The van der Waals surface area contributed by atoms with E-state index < -0.39 is 0 Å². The van der Waals surface area contributed by atoms with Gasteiger partial charge in [-0.1, -0.05) is 26.3 Å². The molecule has 3 heteroatoms. The van der Waals surface area contributed by atoms with Gasteiger partial charge in [-0.25, -0.2) is 0 Å². The third kappa shape index (κ3) is 4.57. The third-order valence-corrected chi connectivity index (χ3v) is 4.09. The Morgan fingerprint density at radius 2 is 1.60 bits per heavy atom. The maximum Gasteiger partial charge on any atom is 0.186 e. The second kappa shape index (κ2) is 7.58. The molecule has 3 nitrogen and oxygen atoms in total. The van der Waals surface area contributed by atoms with Gasteiger partial charge in [0.05, 0.1) is 11.2 Å². The molecule has 0 bridgehead atoms. The average Bonchev–Trinajstić information content (AvgIpc) is 2.34. The molecule has 1 aliphatic heterocycles. The van der Waals surface area contributed by atoms with Gasteiger partial charge in [0.2, 0.25) is 0 Å². The number of ether oxygens (including phenoxy) is 3. The second-order valence-electron chi connectivity index (χ2n) is 6.57. The Kier molecular flexibility index (Phi) is 7.43. The zero-order chi connectivity index (χ0) is 16.0. The lowest BCUT2D eigenvalue weighted by Crippen LogP contribution is -2.65. The molecule has 0 aliphatic carbocycles. The molecular formula is C17H34O3. The van der Waals surface area contributed by atoms with E-state index in [2.05, 4.69) is 41.2 Å². The van der Waals surface area contributed by atoms with Gasteiger partial charge in [-0.2, -0.15) is 0 Å². The summed E-state index contributed by atoms with van der Waals surface area (Å²) in [6, 6.07) is 0. The predicted molar refractivity (Wildman–Crippen MR) is 84.9 cm³/mol. The van der Waals surface area contributed by atoms with Crippen LogP contribution in [-0.4, -0.2) is 30.2 Å². The van der Waals surface area contributed by atoms with Gasteiger partial charge >= 0.3 is 0 Å². The lowest BCUT2D eigenvalue weighted by atomic mass is 9.84. The maximum atomic E-state index is 6.27. The van der Waals surface area contributed by atoms with Crippen molar-refractivity contribution in [2.75, 3.05) is 7.11 Å². The summed E-state index contributed by atoms with van der Waals surface area (Å²) in [7, 11) is 1.68. The van der Waals surface area contributed by atoms with Crippen LogP contribution in [0.25, 0.3) is 0 Å². The van der Waals surface area contributed by atoms with Crippen LogP contribution in [0, 0.1) is 0 Å². The lowest BCUT2D eigenvalue weighted by Gasteiger charge is -2.55. The quantitative estimate of drug-likeness (QED) is 0.701. The SMILES string of the molecule is C=CCC.CCCC1(C)OC(C)(C)C(C)(C)OC1OC. The van der Waals surface area contributed by atoms with E-state index in [9.17, 15) is 0 Å². The first-order valence-electron chi connectivity index (χ1n) is 7.61. The van der Waals surface area contributed by atoms with Crippen molar-refractivity contribution in [1.29, 1.82) is 0 Å². The van der Waals surface area contributed by atoms with Gasteiger partial charge in [0.25, 0.3) is 0 Å². The van der Waals surface area contributed by atoms with Crippen molar-refractivity contribution in [2.45, 2.75) is 90.8 Å². The summed E-state index contributed by atoms with van der Waals surface area (Å²) in [4.78, 5) is 0. The summed E-state index contributed by atoms with van der Waals surface area (Å²) in [5.74, 6) is 0. The summed E-state index contributed by atoms with van der Waals surface area (Å²) in [6.07, 6.45) is 4.65. The van der Waals surface area contributed by atoms with Crippen molar-refractivity contribution in [3.63, 3.8) is 0 Å². The highest BCUT2D eigenvalue weighted by Gasteiger charge is 2.54. The molecule has 2 atom stereocenters. The maximum absolute atomic E-state index is 6.27. The zero-order valence-electron chi connectivity index (χ0n) is 14.7. The van der Waals surface area contributed by atoms with Gasteiger partial charge in [-0.3, -0.25) is 0 Å². The summed E-state index contributed by atoms with van der Waals surface area (Å²) >= 11 is 0. The highest BCUT2D eigenvalue weighted by Crippen LogP contribution is 2.43. The predicted octanol–water partition coefficient (Wildman–Crippen LogP) is 4.70. The lowest BCUT2D eigenvalue weighted by molar-refractivity contribution is -0.383. The molecule has 120 valence electrons. The van der Waals surface area contributed by atoms with Gasteiger partial charge in [0, 0.05) is 7.11 Å². The fourth-order valence-corrected chi connectivity index (χ4v) is 2.25. The molecule has 1 heterocycles. The van der Waals surface area contributed by atoms with Crippen LogP contribution in [0.2, 0.25) is 0 Å². The van der Waals surface area contributed by atoms with Crippen LogP contribution in [0.1, 0.15) is 67.7 Å². The summed E-state index contributed by atoms with van der Waals surface area (Å²) in [5, 5.41) is 0. The Morgan fingerprint density at radius 3 is 1.95 bits per heavy atom. The van der Waals surface area contributed by atoms with Gasteiger partial charge in [0.15, 0.2) is 6.29 Å². The van der Waals surface area contributed by atoms with Gasteiger partial charge in [-0.05, 0) is 47.5 Å². The van der Waals surface area contributed by atoms with Crippen LogP contribution in [0.15, 0.2) is 12.7 Å². The van der Waals surface area contributed by atoms with E-state index in [0.717, 1.165) is 19.3 Å². The van der Waals surface area contributed by atoms with Crippen LogP contribution in [0.5, 0.6) is 0 Å². The van der Waals surface area contributed by atoms with Crippen molar-refractivity contribution >= 4 is 0 Å². The van der Waals surface area contributed by atoms with Gasteiger partial charge in [0.1, 0.15) is 5.60 Å². The van der Waals surface area contributed by atoms with Crippen molar-refractivity contribution in [1.82, 2.24) is 0 Å². The highest BCUT2D eigenvalue weighted by atomic mass is 16.7. The van der Waals surface area contributed by atoms with E-state index in [4.69, 9.17) is 14.2 Å². The number of hydrogen-bond donors (Lipinski definition) is 0. The number of allylic oxidation sites excluding steroid dienone is 1. The first kappa shape index (κ1) is 19.6. The molecule has 20 heavy (non-hydrogen) atoms. The van der Waals surface area contributed by atoms with Crippen LogP contribution in [-0.2, 0) is 14.2 Å². The molecule has 1 rings (SSSR count). The monoisotopic (exact) mass is 286 g/mol. The Morgan fingerprint density at radius 1 is 1.10 bits per heavy atom. The highest BCUT2D eigenvalue weighted by molar-refractivity contribution is 4.99. The molecule has 0 radical (unpaired) electrons. The van der Waals surface area contributed by atoms with Crippen LogP contribution in [0.4, 0.5) is 0 Å². The normalized spacial score (nSPS) is 31.1. The first-order valence-corrected chi connectivity index (χ1v) is 7.61. The van der Waals surface area contributed by atoms with Gasteiger partial charge in [-0.15, -0.1) is 6.58 Å². The topological polar surface area (TPSA) is 27.7 Å². The molecule has 1 saturated heterocycles. The molecule has 0 aromatic heterocycles. The van der Waals surface area contributed by atoms with Crippen molar-refractivity contribution in [3.8, 4) is 0 Å². The van der Waals surface area contributed by atoms with Crippen molar-refractivity contribution < 1.29 is 14.2 Å². The Hall–Kier alpha value is -0.380. The second-order valence-corrected chi connectivity index (χ2v) is 6.57. The van der Waals surface area contributed by atoms with Crippen LogP contribution >= 0.6 is 0 Å². The number of methoxy groups -OCH3 is 1. The van der Waals surface area contributed by atoms with E-state index in [-0.39, 0.29) is 23.1 Å². The van der Waals surface area contributed by atoms with E-state index in [1.807, 2.05) is 19.9 Å². The van der Waals surface area contributed by atoms with E-state index in [1.54, 1.807) is 7.11 Å².